The second kappa shape index (κ2) is 8.65. The second-order valence-corrected chi connectivity index (χ2v) is 6.46. The number of hydrogen-bond donors (Lipinski definition) is 1. The van der Waals surface area contributed by atoms with Crippen LogP contribution in [0.2, 0.25) is 0 Å². The number of nitrogens with zero attached hydrogens (tertiary/aromatic N) is 1. The first kappa shape index (κ1) is 19.5. The summed E-state index contributed by atoms with van der Waals surface area (Å²) in [5.74, 6) is 1.08. The number of carbonyl (C=O) groups is 2. The minimum Gasteiger partial charge on any atom is -0.493 e. The van der Waals surface area contributed by atoms with Crippen LogP contribution < -0.4 is 19.5 Å². The minimum absolute atomic E-state index is 0.0195. The molecular weight excluding hydrogens is 360 g/mol. The molecule has 1 heterocycles. The van der Waals surface area contributed by atoms with Gasteiger partial charge in [-0.3, -0.25) is 9.59 Å². The highest BCUT2D eigenvalue weighted by Gasteiger charge is 2.36. The van der Waals surface area contributed by atoms with Crippen molar-refractivity contribution < 1.29 is 23.8 Å². The monoisotopic (exact) mass is 384 g/mol. The number of rotatable bonds is 7. The third-order valence-corrected chi connectivity index (χ3v) is 4.76. The number of likely N-dealkylation sites (tertiary alicyclic amines) is 1. The van der Waals surface area contributed by atoms with Crippen molar-refractivity contribution in [3.8, 4) is 17.2 Å². The van der Waals surface area contributed by atoms with Crippen molar-refractivity contribution in [2.75, 3.05) is 26.6 Å². The van der Waals surface area contributed by atoms with Crippen LogP contribution >= 0.6 is 0 Å². The Balaban J connectivity index is 1.79. The molecule has 1 aliphatic heterocycles. The van der Waals surface area contributed by atoms with Gasteiger partial charge in [-0.15, -0.1) is 0 Å². The summed E-state index contributed by atoms with van der Waals surface area (Å²) in [5.41, 5.74) is 1.50. The molecule has 1 N–H and O–H groups in total. The van der Waals surface area contributed by atoms with Crippen LogP contribution in [0.25, 0.3) is 0 Å². The van der Waals surface area contributed by atoms with Crippen molar-refractivity contribution in [3.05, 3.63) is 48.0 Å². The molecule has 0 aliphatic carbocycles. The fourth-order valence-corrected chi connectivity index (χ4v) is 3.36. The predicted molar refractivity (Wildman–Crippen MR) is 105 cm³/mol. The Morgan fingerprint density at radius 2 is 1.71 bits per heavy atom. The molecule has 1 unspecified atom stereocenters. The molecular formula is C21H24N2O5. The lowest BCUT2D eigenvalue weighted by atomic mass is 10.1. The summed E-state index contributed by atoms with van der Waals surface area (Å²) >= 11 is 0. The second-order valence-electron chi connectivity index (χ2n) is 6.46. The molecule has 3 rings (SSSR count). The quantitative estimate of drug-likeness (QED) is 0.794. The highest BCUT2D eigenvalue weighted by atomic mass is 16.5. The van der Waals surface area contributed by atoms with Crippen LogP contribution in [0.1, 0.15) is 18.4 Å². The average Bonchev–Trinajstić information content (AvgIpc) is 3.08. The molecule has 1 aliphatic rings. The predicted octanol–water partition coefficient (Wildman–Crippen LogP) is 2.84. The number of anilines is 1. The van der Waals surface area contributed by atoms with E-state index in [2.05, 4.69) is 5.32 Å². The van der Waals surface area contributed by atoms with Gasteiger partial charge in [0.05, 0.1) is 21.3 Å². The largest absolute Gasteiger partial charge is 0.493 e. The summed E-state index contributed by atoms with van der Waals surface area (Å²) in [6.45, 7) is 0.410. The van der Waals surface area contributed by atoms with Crippen LogP contribution in [0, 0.1) is 0 Å². The first-order valence-electron chi connectivity index (χ1n) is 9.01. The van der Waals surface area contributed by atoms with E-state index in [1.54, 1.807) is 17.0 Å². The Morgan fingerprint density at radius 1 is 1.07 bits per heavy atom. The molecule has 0 spiro atoms. The van der Waals surface area contributed by atoms with Crippen LogP contribution in [0.15, 0.2) is 42.5 Å². The Bertz CT molecular complexity index is 828. The molecule has 0 saturated carbocycles. The van der Waals surface area contributed by atoms with Crippen molar-refractivity contribution in [1.82, 2.24) is 4.90 Å². The van der Waals surface area contributed by atoms with E-state index < -0.39 is 6.04 Å². The highest BCUT2D eigenvalue weighted by Crippen LogP contribution is 2.40. The lowest BCUT2D eigenvalue weighted by Crippen LogP contribution is -2.41. The zero-order chi connectivity index (χ0) is 20.1. The van der Waals surface area contributed by atoms with Gasteiger partial charge in [0.25, 0.3) is 0 Å². The normalized spacial score (nSPS) is 16.0. The number of methoxy groups -OCH3 is 3. The highest BCUT2D eigenvalue weighted by molar-refractivity contribution is 5.99. The van der Waals surface area contributed by atoms with E-state index in [0.717, 1.165) is 5.56 Å². The summed E-state index contributed by atoms with van der Waals surface area (Å²) in [6.07, 6.45) is 0.849. The molecule has 1 atom stereocenters. The minimum atomic E-state index is -0.521. The average molecular weight is 384 g/mol. The standard InChI is InChI=1S/C21H24N2O5/c1-26-17-11-15(12-18(27-2)20(17)28-3)22-21(25)16-9-10-19(24)23(16)13-14-7-5-4-6-8-14/h4-8,11-12,16H,9-10,13H2,1-3H3,(H,22,25). The van der Waals surface area contributed by atoms with Gasteiger partial charge in [-0.05, 0) is 12.0 Å². The fourth-order valence-electron chi connectivity index (χ4n) is 3.36. The number of amides is 2. The van der Waals surface area contributed by atoms with E-state index >= 15 is 0 Å². The van der Waals surface area contributed by atoms with Gasteiger partial charge in [-0.1, -0.05) is 30.3 Å². The lowest BCUT2D eigenvalue weighted by Gasteiger charge is -2.24. The SMILES string of the molecule is COc1cc(NC(=O)C2CCC(=O)N2Cc2ccccc2)cc(OC)c1OC. The van der Waals surface area contributed by atoms with Crippen molar-refractivity contribution in [1.29, 1.82) is 0 Å². The maximum Gasteiger partial charge on any atom is 0.247 e. The lowest BCUT2D eigenvalue weighted by molar-refractivity contribution is -0.133. The first-order chi connectivity index (χ1) is 13.6. The first-order valence-corrected chi connectivity index (χ1v) is 9.01. The molecule has 2 aromatic carbocycles. The Hall–Kier alpha value is -3.22. The number of ether oxygens (including phenoxy) is 3. The molecule has 0 bridgehead atoms. The van der Waals surface area contributed by atoms with E-state index in [9.17, 15) is 9.59 Å². The smallest absolute Gasteiger partial charge is 0.247 e. The summed E-state index contributed by atoms with van der Waals surface area (Å²) < 4.78 is 15.9. The van der Waals surface area contributed by atoms with Gasteiger partial charge < -0.3 is 24.4 Å². The van der Waals surface area contributed by atoms with E-state index in [1.807, 2.05) is 30.3 Å². The molecule has 7 nitrogen and oxygen atoms in total. The van der Waals surface area contributed by atoms with Crippen LogP contribution in [0.3, 0.4) is 0 Å². The van der Waals surface area contributed by atoms with Crippen molar-refractivity contribution in [2.45, 2.75) is 25.4 Å². The maximum atomic E-state index is 12.9. The van der Waals surface area contributed by atoms with E-state index in [4.69, 9.17) is 14.2 Å². The van der Waals surface area contributed by atoms with Crippen LogP contribution in [0.5, 0.6) is 17.2 Å². The number of carbonyl (C=O) groups excluding carboxylic acids is 2. The van der Waals surface area contributed by atoms with Gasteiger partial charge in [-0.25, -0.2) is 0 Å². The molecule has 1 saturated heterocycles. The molecule has 2 aromatic rings. The van der Waals surface area contributed by atoms with Gasteiger partial charge in [0.2, 0.25) is 17.6 Å². The zero-order valence-corrected chi connectivity index (χ0v) is 16.2. The number of nitrogens with one attached hydrogen (secondary N) is 1. The number of benzene rings is 2. The zero-order valence-electron chi connectivity index (χ0n) is 16.2. The Labute approximate surface area is 164 Å². The summed E-state index contributed by atoms with van der Waals surface area (Å²) in [5, 5.41) is 2.87. The molecule has 28 heavy (non-hydrogen) atoms. The van der Waals surface area contributed by atoms with Crippen molar-refractivity contribution in [2.24, 2.45) is 0 Å². The Kier molecular flexibility index (Phi) is 6.03. The van der Waals surface area contributed by atoms with Crippen LogP contribution in [0.4, 0.5) is 5.69 Å². The molecule has 2 amide bonds. The van der Waals surface area contributed by atoms with Gasteiger partial charge in [0.1, 0.15) is 6.04 Å². The van der Waals surface area contributed by atoms with Crippen LogP contribution in [-0.2, 0) is 16.1 Å². The summed E-state index contributed by atoms with van der Waals surface area (Å²) in [7, 11) is 4.55. The molecule has 0 aromatic heterocycles. The maximum absolute atomic E-state index is 12.9. The third kappa shape index (κ3) is 4.03. The van der Waals surface area contributed by atoms with Crippen LogP contribution in [-0.4, -0.2) is 44.1 Å². The third-order valence-electron chi connectivity index (χ3n) is 4.76. The van der Waals surface area contributed by atoms with Gasteiger partial charge >= 0.3 is 0 Å². The van der Waals surface area contributed by atoms with E-state index in [-0.39, 0.29) is 11.8 Å². The molecule has 0 radical (unpaired) electrons. The summed E-state index contributed by atoms with van der Waals surface area (Å²) in [6, 6.07) is 12.5. The van der Waals surface area contributed by atoms with E-state index in [1.165, 1.54) is 21.3 Å². The Morgan fingerprint density at radius 3 is 2.29 bits per heavy atom. The topological polar surface area (TPSA) is 77.1 Å². The molecule has 1 fully saturated rings. The molecule has 148 valence electrons. The van der Waals surface area contributed by atoms with Crippen molar-refractivity contribution in [3.63, 3.8) is 0 Å². The van der Waals surface area contributed by atoms with Gasteiger partial charge in [0.15, 0.2) is 11.5 Å². The van der Waals surface area contributed by atoms with Gasteiger partial charge in [-0.2, -0.15) is 0 Å². The number of hydrogen-bond acceptors (Lipinski definition) is 5. The fraction of sp³-hybridized carbons (Fsp3) is 0.333. The molecule has 7 heteroatoms. The van der Waals surface area contributed by atoms with E-state index in [0.29, 0.717) is 42.3 Å². The van der Waals surface area contributed by atoms with Crippen molar-refractivity contribution >= 4 is 17.5 Å². The summed E-state index contributed by atoms with van der Waals surface area (Å²) in [4.78, 5) is 26.8. The van der Waals surface area contributed by atoms with Gasteiger partial charge in [0, 0.05) is 30.8 Å².